The van der Waals surface area contributed by atoms with Gasteiger partial charge in [-0.25, -0.2) is 41.3 Å². The van der Waals surface area contributed by atoms with Gasteiger partial charge in [-0.15, -0.1) is 0 Å². The van der Waals surface area contributed by atoms with E-state index in [0.29, 0.717) is 17.2 Å². The van der Waals surface area contributed by atoms with E-state index >= 15 is 8.78 Å². The van der Waals surface area contributed by atoms with Crippen molar-refractivity contribution in [2.75, 3.05) is 11.9 Å². The SMILES string of the molecule is CCc1cnc(-c2cc(=O)n(-c3ccc(Cl)c(C(=N)NSC4CC4)c3NCC(F)F)c(C(Cc3cc(F)cc(F)c3)NC(=O)Cn3nc(C(F)F)c4c3C(F)(F)C3C[C@H]43)n2)nc1. The minimum Gasteiger partial charge on any atom is -0.377 e. The maximum atomic E-state index is 15.5. The molecule has 4 N–H and O–H groups in total. The highest BCUT2D eigenvalue weighted by atomic mass is 35.5. The molecule has 326 valence electrons. The molecule has 2 saturated carbocycles. The number of aromatic nitrogens is 6. The van der Waals surface area contributed by atoms with Gasteiger partial charge < -0.3 is 15.4 Å². The fourth-order valence-corrected chi connectivity index (χ4v) is 8.63. The molecule has 8 rings (SSSR count). The molecule has 3 atom stereocenters. The predicted octanol–water partition coefficient (Wildman–Crippen LogP) is 8.03. The molecule has 1 amide bonds. The second kappa shape index (κ2) is 16.9. The van der Waals surface area contributed by atoms with E-state index in [1.165, 1.54) is 36.5 Å². The molecular formula is C40H35ClF8N10O2S. The first kappa shape index (κ1) is 43.1. The van der Waals surface area contributed by atoms with Gasteiger partial charge in [-0.05, 0) is 78.9 Å². The largest absolute Gasteiger partial charge is 0.377 e. The van der Waals surface area contributed by atoms with Gasteiger partial charge in [0.1, 0.15) is 46.9 Å². The Balaban J connectivity index is 1.30. The van der Waals surface area contributed by atoms with Crippen molar-refractivity contribution in [3.8, 4) is 17.2 Å². The maximum Gasteiger partial charge on any atom is 0.293 e. The maximum absolute atomic E-state index is 15.5. The van der Waals surface area contributed by atoms with Crippen LogP contribution in [-0.2, 0) is 30.1 Å². The number of anilines is 1. The molecule has 12 nitrogen and oxygen atoms in total. The molecule has 5 aromatic rings. The molecule has 62 heavy (non-hydrogen) atoms. The van der Waals surface area contributed by atoms with Crippen LogP contribution in [-0.4, -0.2) is 59.3 Å². The van der Waals surface area contributed by atoms with Gasteiger partial charge in [-0.2, -0.15) is 13.9 Å². The first-order chi connectivity index (χ1) is 29.5. The van der Waals surface area contributed by atoms with Crippen molar-refractivity contribution >= 4 is 41.0 Å². The van der Waals surface area contributed by atoms with Crippen LogP contribution >= 0.6 is 23.5 Å². The summed E-state index contributed by atoms with van der Waals surface area (Å²) in [4.78, 5) is 41.9. The summed E-state index contributed by atoms with van der Waals surface area (Å²) < 4.78 is 121. The third kappa shape index (κ3) is 8.60. The standard InChI is InChI=1S/C40H35ClF8N10O2S/c1-2-17-13-52-38(53-14-17)25-12-30(61)59(27-6-5-24(41)32(33(27)51-15-28(44)45)37(50)57-62-21-3-4-21)39(55-25)26(9-18-7-19(42)10-20(43)8-18)54-29(60)16-58-35-31(34(56-58)36(46)47)22-11-23(22)40(35,48)49/h5-8,10,12-14,21-23,26,28,36,51H,2-4,9,11,15-16H2,1H3,(H2,50,57)(H,54,60)/t22-,23?,26?/m0/s1. The molecule has 2 fully saturated rings. The van der Waals surface area contributed by atoms with Gasteiger partial charge in [0.2, 0.25) is 5.91 Å². The first-order valence-corrected chi connectivity index (χ1v) is 20.6. The lowest BCUT2D eigenvalue weighted by Gasteiger charge is -2.26. The fourth-order valence-electron chi connectivity index (χ4n) is 7.62. The smallest absolute Gasteiger partial charge is 0.293 e. The lowest BCUT2D eigenvalue weighted by Crippen LogP contribution is -2.38. The van der Waals surface area contributed by atoms with Gasteiger partial charge in [0, 0.05) is 47.7 Å². The Kier molecular flexibility index (Phi) is 11.8. The number of nitrogens with zero attached hydrogens (tertiary/aromatic N) is 6. The number of nitrogens with one attached hydrogen (secondary N) is 4. The topological polar surface area (TPSA) is 156 Å². The molecule has 0 aliphatic heterocycles. The van der Waals surface area contributed by atoms with Crippen molar-refractivity contribution in [1.29, 1.82) is 5.41 Å². The zero-order valence-corrected chi connectivity index (χ0v) is 33.9. The summed E-state index contributed by atoms with van der Waals surface area (Å²) in [5.74, 6) is -9.58. The molecule has 2 unspecified atom stereocenters. The van der Waals surface area contributed by atoms with E-state index in [1.807, 2.05) is 6.92 Å². The Labute approximate surface area is 356 Å². The Morgan fingerprint density at radius 1 is 1.05 bits per heavy atom. The van der Waals surface area contributed by atoms with Crippen molar-refractivity contribution in [2.24, 2.45) is 5.92 Å². The van der Waals surface area contributed by atoms with Crippen LogP contribution in [0, 0.1) is 23.0 Å². The van der Waals surface area contributed by atoms with Crippen LogP contribution in [0.4, 0.5) is 40.8 Å². The zero-order valence-electron chi connectivity index (χ0n) is 32.3. The van der Waals surface area contributed by atoms with E-state index in [-0.39, 0.29) is 62.1 Å². The predicted molar refractivity (Wildman–Crippen MR) is 213 cm³/mol. The Hall–Kier alpha value is -5.57. The number of carbonyl (C=O) groups excluding carboxylic acids is 1. The summed E-state index contributed by atoms with van der Waals surface area (Å²) in [6, 6.07) is 4.43. The van der Waals surface area contributed by atoms with E-state index in [2.05, 4.69) is 35.4 Å². The summed E-state index contributed by atoms with van der Waals surface area (Å²) >= 11 is 7.82. The summed E-state index contributed by atoms with van der Waals surface area (Å²) in [6.45, 7) is -0.161. The number of rotatable bonds is 16. The second-order valence-electron chi connectivity index (χ2n) is 15.1. The van der Waals surface area contributed by atoms with E-state index < -0.39 is 96.5 Å². The number of halogens is 9. The third-order valence-corrected chi connectivity index (χ3v) is 12.1. The summed E-state index contributed by atoms with van der Waals surface area (Å²) in [7, 11) is 0. The number of hydrogen-bond acceptors (Lipinski definition) is 9. The lowest BCUT2D eigenvalue weighted by atomic mass is 10.0. The first-order valence-electron chi connectivity index (χ1n) is 19.4. The number of hydrogen-bond donors (Lipinski definition) is 4. The number of aryl methyl sites for hydroxylation is 1. The number of alkyl halides is 6. The second-order valence-corrected chi connectivity index (χ2v) is 16.6. The molecule has 0 bridgehead atoms. The molecule has 3 aliphatic rings. The summed E-state index contributed by atoms with van der Waals surface area (Å²) in [6.07, 6.45) is -1.47. The number of amidine groups is 1. The molecule has 0 spiro atoms. The molecule has 2 aromatic carbocycles. The summed E-state index contributed by atoms with van der Waals surface area (Å²) in [5.41, 5.74) is -3.01. The number of amides is 1. The Bertz CT molecular complexity index is 2600. The average Bonchev–Trinajstić information content (AvgIpc) is 4.15. The molecule has 0 radical (unpaired) electrons. The van der Waals surface area contributed by atoms with Crippen molar-refractivity contribution in [3.05, 3.63) is 115 Å². The Morgan fingerprint density at radius 3 is 2.40 bits per heavy atom. The van der Waals surface area contributed by atoms with Gasteiger partial charge >= 0.3 is 0 Å². The van der Waals surface area contributed by atoms with E-state index in [9.17, 15) is 35.9 Å². The van der Waals surface area contributed by atoms with Crippen LogP contribution in [0.1, 0.15) is 84.0 Å². The van der Waals surface area contributed by atoms with E-state index in [1.54, 1.807) is 0 Å². The zero-order chi connectivity index (χ0) is 44.2. The molecule has 3 aromatic heterocycles. The molecule has 0 saturated heterocycles. The van der Waals surface area contributed by atoms with Crippen molar-refractivity contribution in [2.45, 2.75) is 81.6 Å². The third-order valence-electron chi connectivity index (χ3n) is 10.7. The number of carbonyl (C=O) groups is 1. The van der Waals surface area contributed by atoms with Gasteiger partial charge in [-0.1, -0.05) is 18.5 Å². The lowest BCUT2D eigenvalue weighted by molar-refractivity contribution is -0.123. The molecule has 3 aliphatic carbocycles. The van der Waals surface area contributed by atoms with Crippen LogP contribution in [0.2, 0.25) is 5.02 Å². The van der Waals surface area contributed by atoms with Gasteiger partial charge in [0.15, 0.2) is 5.82 Å². The van der Waals surface area contributed by atoms with Crippen LogP contribution in [0.15, 0.2) is 53.6 Å². The van der Waals surface area contributed by atoms with E-state index in [4.69, 9.17) is 17.0 Å². The van der Waals surface area contributed by atoms with Crippen LogP contribution in [0.5, 0.6) is 0 Å². The van der Waals surface area contributed by atoms with Crippen LogP contribution in [0.3, 0.4) is 0 Å². The van der Waals surface area contributed by atoms with Gasteiger partial charge in [0.05, 0.1) is 34.5 Å². The monoisotopic (exact) mass is 906 g/mol. The fraction of sp³-hybridized carbons (Fsp3) is 0.375. The van der Waals surface area contributed by atoms with Gasteiger partial charge in [-0.3, -0.25) is 24.2 Å². The Morgan fingerprint density at radius 2 is 1.76 bits per heavy atom. The molecular weight excluding hydrogens is 872 g/mol. The van der Waals surface area contributed by atoms with Crippen LogP contribution < -0.4 is 20.9 Å². The quantitative estimate of drug-likeness (QED) is 0.0334. The van der Waals surface area contributed by atoms with Crippen molar-refractivity contribution < 1.29 is 39.9 Å². The van der Waals surface area contributed by atoms with Gasteiger partial charge in [0.25, 0.3) is 24.3 Å². The minimum absolute atomic E-state index is 0.0240. The van der Waals surface area contributed by atoms with Crippen LogP contribution in [0.25, 0.3) is 17.2 Å². The van der Waals surface area contributed by atoms with Crippen molar-refractivity contribution in [3.63, 3.8) is 0 Å². The summed E-state index contributed by atoms with van der Waals surface area (Å²) in [5, 5.41) is 17.8. The molecule has 22 heteroatoms. The number of benzene rings is 2. The van der Waals surface area contributed by atoms with E-state index in [0.717, 1.165) is 41.2 Å². The highest BCUT2D eigenvalue weighted by Crippen LogP contribution is 2.68. The highest BCUT2D eigenvalue weighted by molar-refractivity contribution is 7.98. The number of fused-ring (bicyclic) bond motifs is 3. The highest BCUT2D eigenvalue weighted by Gasteiger charge is 2.67. The van der Waals surface area contributed by atoms with Crippen molar-refractivity contribution in [1.82, 2.24) is 39.3 Å². The normalized spacial score (nSPS) is 17.8. The minimum atomic E-state index is -3.57. The molecule has 3 heterocycles. The average molecular weight is 907 g/mol.